The molecule has 84 heavy (non-hydrogen) atoms. The fraction of sp³-hybridized carbons (Fsp3) is 0.0375. The van der Waals surface area contributed by atoms with Gasteiger partial charge in [0.25, 0.3) is 0 Å². The summed E-state index contributed by atoms with van der Waals surface area (Å²) >= 11 is 0. The number of fused-ring (bicyclic) bond motifs is 3. The highest BCUT2D eigenvalue weighted by Crippen LogP contribution is 2.39. The summed E-state index contributed by atoms with van der Waals surface area (Å²) < 4.78 is 2.38. The molecule has 1 aromatic heterocycles. The quantitative estimate of drug-likeness (QED) is 0.0511. The lowest BCUT2D eigenvalue weighted by Gasteiger charge is -2.16. The van der Waals surface area contributed by atoms with Gasteiger partial charge in [-0.05, 0) is 162 Å². The monoisotopic (exact) mass is 1090 g/mol. The third kappa shape index (κ3) is 16.4. The number of para-hydroxylation sites is 1. The zero-order valence-corrected chi connectivity index (χ0v) is 48.2. The van der Waals surface area contributed by atoms with Crippen molar-refractivity contribution in [3.63, 3.8) is 0 Å². The second-order valence-electron chi connectivity index (χ2n) is 19.4. The van der Waals surface area contributed by atoms with Crippen LogP contribution in [-0.2, 0) is 0 Å². The Balaban J connectivity index is 0.00000300. The van der Waals surface area contributed by atoms with Crippen LogP contribution in [0.2, 0.25) is 0 Å². The minimum Gasteiger partial charge on any atom is -0.405 e. The smallest absolute Gasteiger partial charge is 0.0702 e. The molecule has 0 saturated carbocycles. The molecule has 0 aliphatic heterocycles. The fourth-order valence-corrected chi connectivity index (χ4v) is 9.58. The van der Waals surface area contributed by atoms with Gasteiger partial charge in [0.15, 0.2) is 0 Å². The highest BCUT2D eigenvalue weighted by molar-refractivity contribution is 6.13. The van der Waals surface area contributed by atoms with E-state index >= 15 is 0 Å². The molecule has 0 fully saturated rings. The lowest BCUT2D eigenvalue weighted by atomic mass is 9.94. The zero-order chi connectivity index (χ0) is 58.6. The van der Waals surface area contributed by atoms with Crippen LogP contribution >= 0.6 is 0 Å². The van der Waals surface area contributed by atoms with E-state index in [1.54, 1.807) is 12.2 Å². The number of rotatable bonds is 18. The number of allylic oxidation sites excluding steroid dienone is 30. The normalized spacial score (nSPS) is 16.4. The molecule has 0 saturated heterocycles. The van der Waals surface area contributed by atoms with E-state index in [4.69, 9.17) is 10.7 Å². The van der Waals surface area contributed by atoms with Gasteiger partial charge in [-0.3, -0.25) is 4.99 Å². The average molecular weight is 1090 g/mol. The van der Waals surface area contributed by atoms with Crippen molar-refractivity contribution in [1.29, 1.82) is 0 Å². The van der Waals surface area contributed by atoms with E-state index in [0.29, 0.717) is 0 Å². The number of benzene rings is 7. The van der Waals surface area contributed by atoms with Crippen LogP contribution in [0.5, 0.6) is 0 Å². The van der Waals surface area contributed by atoms with Gasteiger partial charge in [0.2, 0.25) is 0 Å². The maximum atomic E-state index is 5.49. The molecule has 7 aromatic carbocycles. The van der Waals surface area contributed by atoms with Crippen molar-refractivity contribution in [1.82, 2.24) is 4.57 Å². The number of hydrogen-bond donors (Lipinski definition) is 2. The topological polar surface area (TPSA) is 55.3 Å². The summed E-state index contributed by atoms with van der Waals surface area (Å²) in [6.07, 6.45) is 56.1. The van der Waals surface area contributed by atoms with Gasteiger partial charge in [-0.1, -0.05) is 249 Å². The number of aliphatic imine (C=N–C) groups is 1. The van der Waals surface area contributed by atoms with Crippen molar-refractivity contribution in [2.75, 3.05) is 5.32 Å². The highest BCUT2D eigenvalue weighted by Gasteiger charge is 2.17. The first-order valence-electron chi connectivity index (χ1n) is 28.3. The Bertz CT molecular complexity index is 4070. The van der Waals surface area contributed by atoms with Gasteiger partial charge in [0.1, 0.15) is 0 Å². The minimum absolute atomic E-state index is 0.827. The molecule has 0 bridgehead atoms. The molecule has 1 aliphatic carbocycles. The van der Waals surface area contributed by atoms with E-state index in [2.05, 4.69) is 267 Å². The Labute approximate surface area is 497 Å². The van der Waals surface area contributed by atoms with Gasteiger partial charge in [-0.25, -0.2) is 0 Å². The van der Waals surface area contributed by atoms with Crippen LogP contribution in [0.15, 0.2) is 358 Å². The molecule has 3 N–H and O–H groups in total. The molecule has 8 aromatic rings. The Morgan fingerprint density at radius 1 is 0.524 bits per heavy atom. The SMILES string of the molecule is C=C/C=C(\C=C(/C)c1cc(-c2ccccc2)ccc1Nc1ccccc1)c1ccc2c(c1)c1cc(-c3ccccc3)ccc1n2C1=C/C=C/C=C/C=C\C(c2cccc(C(/C=C/C=C/C=C\C=C/N)=N\C=C/C=C\C=C\C)c2)=C/C=C\1.C=CC. The summed E-state index contributed by atoms with van der Waals surface area (Å²) in [5.41, 5.74) is 23.7. The standard InChI is InChI=1S/C77H66N4.C3H6/c1-4-6-7-15-29-53-79-74(45-27-13-8-9-14-28-52-78)68-40-30-39-64(55-68)62-33-19-11-10-12-26-43-70(44-31-38-62)81-76-50-47-66(61-36-22-17-23-37-61)57-72(76)73-58-67(48-51-77(73)81)63(32-5-2)54-59(3)71-56-65(60-34-20-16-21-35-60)46-49-75(71)80-69-41-24-18-25-42-69;1-3-2/h4-58,80H,2,78H2,1,3H3;3H,1H2,2H3/b6-4+,11-10+,12-10?,13-8+,14-9-,15-7-,19-11?,26-12+,33-19-,38-31?,43-26?,44-31-,45-27+,52-28-,53-29-,59-54+,62-33?,62-38+,63-32+,70-43+,70-44?,79-74-;. The molecule has 0 unspecified atom stereocenters. The summed E-state index contributed by atoms with van der Waals surface area (Å²) in [5.74, 6) is 0. The predicted octanol–water partition coefficient (Wildman–Crippen LogP) is 21.5. The number of anilines is 2. The lowest BCUT2D eigenvalue weighted by molar-refractivity contribution is 1.24. The summed E-state index contributed by atoms with van der Waals surface area (Å²) in [4.78, 5) is 4.90. The molecule has 0 amide bonds. The molecule has 4 nitrogen and oxygen atoms in total. The van der Waals surface area contributed by atoms with E-state index in [9.17, 15) is 0 Å². The first-order chi connectivity index (χ1) is 41.4. The molecule has 0 radical (unpaired) electrons. The number of aromatic nitrogens is 1. The fourth-order valence-electron chi connectivity index (χ4n) is 9.58. The van der Waals surface area contributed by atoms with Gasteiger partial charge >= 0.3 is 0 Å². The van der Waals surface area contributed by atoms with Crippen LogP contribution in [-0.4, -0.2) is 10.3 Å². The summed E-state index contributed by atoms with van der Waals surface area (Å²) in [6, 6.07) is 60.4. The van der Waals surface area contributed by atoms with Crippen molar-refractivity contribution in [3.05, 3.63) is 376 Å². The van der Waals surface area contributed by atoms with E-state index < -0.39 is 0 Å². The van der Waals surface area contributed by atoms with Crippen molar-refractivity contribution in [2.24, 2.45) is 10.7 Å². The maximum absolute atomic E-state index is 5.49. The molecule has 9 rings (SSSR count). The third-order valence-electron chi connectivity index (χ3n) is 13.5. The summed E-state index contributed by atoms with van der Waals surface area (Å²) in [6.45, 7) is 13.6. The minimum atomic E-state index is 0.827. The van der Waals surface area contributed by atoms with E-state index in [1.165, 1.54) is 17.3 Å². The third-order valence-corrected chi connectivity index (χ3v) is 13.5. The Morgan fingerprint density at radius 2 is 1.14 bits per heavy atom. The van der Waals surface area contributed by atoms with Gasteiger partial charge in [0, 0.05) is 45.2 Å². The predicted molar refractivity (Wildman–Crippen MR) is 370 cm³/mol. The van der Waals surface area contributed by atoms with Gasteiger partial charge in [0.05, 0.1) is 16.7 Å². The lowest BCUT2D eigenvalue weighted by Crippen LogP contribution is -1.97. The van der Waals surface area contributed by atoms with E-state index in [-0.39, 0.29) is 0 Å². The van der Waals surface area contributed by atoms with Gasteiger partial charge < -0.3 is 15.6 Å². The molecule has 0 spiro atoms. The van der Waals surface area contributed by atoms with Crippen molar-refractivity contribution in [3.8, 4) is 22.3 Å². The first-order valence-corrected chi connectivity index (χ1v) is 28.3. The second kappa shape index (κ2) is 31.8. The van der Waals surface area contributed by atoms with Crippen LogP contribution in [0.3, 0.4) is 0 Å². The molecule has 412 valence electrons. The van der Waals surface area contributed by atoms with Crippen LogP contribution in [0.1, 0.15) is 43.0 Å². The van der Waals surface area contributed by atoms with Crippen LogP contribution in [0, 0.1) is 0 Å². The van der Waals surface area contributed by atoms with Crippen LogP contribution in [0.25, 0.3) is 66.5 Å². The van der Waals surface area contributed by atoms with Crippen LogP contribution in [0.4, 0.5) is 11.4 Å². The van der Waals surface area contributed by atoms with Crippen molar-refractivity contribution < 1.29 is 0 Å². The number of hydrogen-bond acceptors (Lipinski definition) is 3. The van der Waals surface area contributed by atoms with Gasteiger partial charge in [-0.15, -0.1) is 6.58 Å². The maximum Gasteiger partial charge on any atom is 0.0702 e. The highest BCUT2D eigenvalue weighted by atomic mass is 15.0. The molecule has 0 atom stereocenters. The number of nitrogens with two attached hydrogens (primary N) is 1. The van der Waals surface area contributed by atoms with Crippen molar-refractivity contribution in [2.45, 2.75) is 20.8 Å². The van der Waals surface area contributed by atoms with Gasteiger partial charge in [-0.2, -0.15) is 0 Å². The summed E-state index contributed by atoms with van der Waals surface area (Å²) in [7, 11) is 0. The summed E-state index contributed by atoms with van der Waals surface area (Å²) in [5, 5.41) is 6.01. The first kappa shape index (κ1) is 59.3. The second-order valence-corrected chi connectivity index (χ2v) is 19.4. The molecule has 1 aliphatic rings. The Kier molecular flexibility index (Phi) is 22.5. The molecule has 1 heterocycles. The Morgan fingerprint density at radius 3 is 1.87 bits per heavy atom. The van der Waals surface area contributed by atoms with Crippen LogP contribution < -0.4 is 11.1 Å². The molecular weight excluding hydrogens is 1020 g/mol. The zero-order valence-electron chi connectivity index (χ0n) is 48.2. The van der Waals surface area contributed by atoms with E-state index in [0.717, 1.165) is 94.7 Å². The largest absolute Gasteiger partial charge is 0.405 e. The Hall–Kier alpha value is -10.8. The molecular formula is C80H72N4. The number of nitrogens with one attached hydrogen (secondary N) is 1. The molecule has 4 heteroatoms. The number of nitrogens with zero attached hydrogens (tertiary/aromatic N) is 2. The van der Waals surface area contributed by atoms with Crippen molar-refractivity contribution >= 4 is 61.3 Å². The van der Waals surface area contributed by atoms with E-state index in [1.807, 2.05) is 99.0 Å². The average Bonchev–Trinajstić information content (AvgIpc) is 2.30.